The number of benzene rings is 1. The minimum absolute atomic E-state index is 0.316. The van der Waals surface area contributed by atoms with Gasteiger partial charge in [0, 0.05) is 13.6 Å². The molecule has 1 aromatic rings. The molecule has 0 aliphatic heterocycles. The van der Waals surface area contributed by atoms with Crippen molar-refractivity contribution in [3.05, 3.63) is 35.6 Å². The van der Waals surface area contributed by atoms with Crippen LogP contribution in [0.15, 0.2) is 24.3 Å². The van der Waals surface area contributed by atoms with Crippen molar-refractivity contribution in [3.63, 3.8) is 0 Å². The summed E-state index contributed by atoms with van der Waals surface area (Å²) in [4.78, 5) is 12.4. The van der Waals surface area contributed by atoms with Crippen molar-refractivity contribution in [2.75, 3.05) is 7.05 Å². The summed E-state index contributed by atoms with van der Waals surface area (Å²) >= 11 is 0. The minimum atomic E-state index is -0.408. The molecule has 0 unspecified atom stereocenters. The number of halogens is 1. The number of nitrogens with one attached hydrogen (secondary N) is 1. The molecular weight excluding hydrogens is 185 g/mol. The number of hydrogen-bond acceptors (Lipinski definition) is 2. The number of amides is 2. The maximum Gasteiger partial charge on any atom is 0.331 e. The second kappa shape index (κ2) is 4.57. The molecule has 0 saturated heterocycles. The van der Waals surface area contributed by atoms with Crippen LogP contribution < -0.4 is 11.3 Å². The van der Waals surface area contributed by atoms with Crippen molar-refractivity contribution in [2.45, 2.75) is 6.54 Å². The van der Waals surface area contributed by atoms with Crippen LogP contribution in [0.25, 0.3) is 0 Å². The Kier molecular flexibility index (Phi) is 3.41. The largest absolute Gasteiger partial charge is 0.331 e. The Labute approximate surface area is 81.5 Å². The lowest BCUT2D eigenvalue weighted by atomic mass is 10.2. The second-order valence-corrected chi connectivity index (χ2v) is 2.94. The molecule has 3 N–H and O–H groups in total. The number of rotatable bonds is 2. The van der Waals surface area contributed by atoms with Gasteiger partial charge in [0.1, 0.15) is 5.82 Å². The molecule has 0 atom stereocenters. The molecule has 2 amide bonds. The van der Waals surface area contributed by atoms with Crippen LogP contribution in [0.2, 0.25) is 0 Å². The van der Waals surface area contributed by atoms with Crippen LogP contribution in [-0.4, -0.2) is 18.0 Å². The van der Waals surface area contributed by atoms with Gasteiger partial charge in [0.2, 0.25) is 0 Å². The van der Waals surface area contributed by atoms with Gasteiger partial charge in [0.05, 0.1) is 0 Å². The summed E-state index contributed by atoms with van der Waals surface area (Å²) < 4.78 is 12.8. The molecule has 0 aromatic heterocycles. The lowest BCUT2D eigenvalue weighted by Crippen LogP contribution is -2.40. The van der Waals surface area contributed by atoms with Crippen LogP contribution in [0.3, 0.4) is 0 Å². The fourth-order valence-electron chi connectivity index (χ4n) is 1.09. The van der Waals surface area contributed by atoms with Crippen LogP contribution in [0.1, 0.15) is 5.56 Å². The fraction of sp³-hybridized carbons (Fsp3) is 0.222. The normalized spacial score (nSPS) is 9.64. The van der Waals surface area contributed by atoms with E-state index in [0.29, 0.717) is 6.54 Å². The predicted molar refractivity (Wildman–Crippen MR) is 50.6 cm³/mol. The third-order valence-electron chi connectivity index (χ3n) is 1.78. The lowest BCUT2D eigenvalue weighted by Gasteiger charge is -2.15. The summed E-state index contributed by atoms with van der Waals surface area (Å²) in [6.07, 6.45) is 0. The zero-order valence-electron chi connectivity index (χ0n) is 7.83. The van der Waals surface area contributed by atoms with Crippen molar-refractivity contribution in [1.82, 2.24) is 10.3 Å². The summed E-state index contributed by atoms with van der Waals surface area (Å²) in [7, 11) is 1.58. The van der Waals surface area contributed by atoms with Crippen LogP contribution in [-0.2, 0) is 6.54 Å². The average Bonchev–Trinajstić information content (AvgIpc) is 2.16. The maximum atomic E-state index is 12.8. The zero-order valence-corrected chi connectivity index (χ0v) is 7.83. The van der Waals surface area contributed by atoms with E-state index in [-0.39, 0.29) is 5.82 Å². The first kappa shape index (κ1) is 10.5. The van der Waals surface area contributed by atoms with E-state index < -0.39 is 6.03 Å². The summed E-state index contributed by atoms with van der Waals surface area (Å²) in [6.45, 7) is 0.320. The number of hydrazine groups is 1. The molecule has 1 aromatic carbocycles. The van der Waals surface area contributed by atoms with Crippen LogP contribution >= 0.6 is 0 Å². The fourth-order valence-corrected chi connectivity index (χ4v) is 1.09. The number of nitrogens with two attached hydrogens (primary N) is 1. The number of carbonyl (C=O) groups excluding carboxylic acids is 1. The Morgan fingerprint density at radius 2 is 2.36 bits per heavy atom. The molecule has 0 aliphatic carbocycles. The summed E-state index contributed by atoms with van der Waals surface area (Å²) in [5.74, 6) is 4.63. The quantitative estimate of drug-likeness (QED) is 0.419. The highest BCUT2D eigenvalue weighted by molar-refractivity contribution is 5.73. The van der Waals surface area contributed by atoms with Crippen molar-refractivity contribution < 1.29 is 9.18 Å². The molecule has 14 heavy (non-hydrogen) atoms. The van der Waals surface area contributed by atoms with Crippen LogP contribution in [0.5, 0.6) is 0 Å². The van der Waals surface area contributed by atoms with Gasteiger partial charge in [0.15, 0.2) is 0 Å². The molecule has 0 fully saturated rings. The van der Waals surface area contributed by atoms with Gasteiger partial charge in [-0.25, -0.2) is 15.0 Å². The van der Waals surface area contributed by atoms with Gasteiger partial charge in [-0.05, 0) is 17.7 Å². The van der Waals surface area contributed by atoms with E-state index in [1.54, 1.807) is 19.2 Å². The Balaban J connectivity index is 2.64. The summed E-state index contributed by atoms with van der Waals surface area (Å²) in [5.41, 5.74) is 2.71. The molecule has 0 radical (unpaired) electrons. The van der Waals surface area contributed by atoms with Crippen molar-refractivity contribution >= 4 is 6.03 Å². The van der Waals surface area contributed by atoms with Gasteiger partial charge in [-0.1, -0.05) is 12.1 Å². The Hall–Kier alpha value is -1.62. The highest BCUT2D eigenvalue weighted by Gasteiger charge is 2.06. The van der Waals surface area contributed by atoms with Gasteiger partial charge in [-0.3, -0.25) is 5.43 Å². The molecule has 1 rings (SSSR count). The maximum absolute atomic E-state index is 12.8. The first-order valence-electron chi connectivity index (χ1n) is 4.09. The molecular formula is C9H12FN3O. The van der Waals surface area contributed by atoms with Gasteiger partial charge < -0.3 is 4.90 Å². The molecule has 0 saturated carbocycles. The molecule has 4 nitrogen and oxygen atoms in total. The number of carbonyl (C=O) groups is 1. The first-order valence-corrected chi connectivity index (χ1v) is 4.09. The Bertz CT molecular complexity index is 330. The lowest BCUT2D eigenvalue weighted by molar-refractivity contribution is 0.207. The zero-order chi connectivity index (χ0) is 10.6. The number of nitrogens with zero attached hydrogens (tertiary/aromatic N) is 1. The third kappa shape index (κ3) is 2.70. The molecule has 5 heteroatoms. The minimum Gasteiger partial charge on any atom is -0.322 e. The Morgan fingerprint density at radius 3 is 2.93 bits per heavy atom. The first-order chi connectivity index (χ1) is 6.63. The monoisotopic (exact) mass is 197 g/mol. The number of urea groups is 1. The standard InChI is InChI=1S/C9H12FN3O/c1-13(9(14)12-11)6-7-3-2-4-8(10)5-7/h2-5H,6,11H2,1H3,(H,12,14). The van der Waals surface area contributed by atoms with Gasteiger partial charge >= 0.3 is 6.03 Å². The van der Waals surface area contributed by atoms with Crippen molar-refractivity contribution in [2.24, 2.45) is 5.84 Å². The molecule has 76 valence electrons. The summed E-state index contributed by atoms with van der Waals surface area (Å²) in [5, 5.41) is 0. The topological polar surface area (TPSA) is 58.4 Å². The van der Waals surface area contributed by atoms with E-state index in [9.17, 15) is 9.18 Å². The van der Waals surface area contributed by atoms with Crippen molar-refractivity contribution in [1.29, 1.82) is 0 Å². The van der Waals surface area contributed by atoms with E-state index in [2.05, 4.69) is 0 Å². The van der Waals surface area contributed by atoms with E-state index in [0.717, 1.165) is 5.56 Å². The molecule has 0 aliphatic rings. The van der Waals surface area contributed by atoms with E-state index in [1.165, 1.54) is 17.0 Å². The molecule has 0 bridgehead atoms. The Morgan fingerprint density at radius 1 is 1.64 bits per heavy atom. The smallest absolute Gasteiger partial charge is 0.322 e. The number of hydrogen-bond donors (Lipinski definition) is 2. The van der Waals surface area contributed by atoms with Gasteiger partial charge in [0.25, 0.3) is 0 Å². The van der Waals surface area contributed by atoms with E-state index in [4.69, 9.17) is 5.84 Å². The third-order valence-corrected chi connectivity index (χ3v) is 1.78. The van der Waals surface area contributed by atoms with Gasteiger partial charge in [-0.15, -0.1) is 0 Å². The molecule has 0 spiro atoms. The second-order valence-electron chi connectivity index (χ2n) is 2.94. The summed E-state index contributed by atoms with van der Waals surface area (Å²) in [6, 6.07) is 5.66. The van der Waals surface area contributed by atoms with Gasteiger partial charge in [-0.2, -0.15) is 0 Å². The average molecular weight is 197 g/mol. The highest BCUT2D eigenvalue weighted by Crippen LogP contribution is 2.05. The predicted octanol–water partition coefficient (Wildman–Crippen LogP) is 0.841. The van der Waals surface area contributed by atoms with E-state index in [1.807, 2.05) is 5.43 Å². The van der Waals surface area contributed by atoms with Crippen LogP contribution in [0.4, 0.5) is 9.18 Å². The highest BCUT2D eigenvalue weighted by atomic mass is 19.1. The van der Waals surface area contributed by atoms with E-state index >= 15 is 0 Å². The molecule has 0 heterocycles. The SMILES string of the molecule is CN(Cc1cccc(F)c1)C(=O)NN. The van der Waals surface area contributed by atoms with Crippen LogP contribution in [0, 0.1) is 5.82 Å². The van der Waals surface area contributed by atoms with Crippen molar-refractivity contribution in [3.8, 4) is 0 Å².